The number of benzene rings is 1. The zero-order valence-electron chi connectivity index (χ0n) is 14.1. The molecule has 1 heterocycles. The van der Waals surface area contributed by atoms with E-state index in [2.05, 4.69) is 10.6 Å². The Bertz CT molecular complexity index is 695. The molecule has 2 amide bonds. The number of furan rings is 1. The number of rotatable bonds is 7. The summed E-state index contributed by atoms with van der Waals surface area (Å²) in [5.74, 6) is 1.76. The van der Waals surface area contributed by atoms with Crippen molar-refractivity contribution in [1.82, 2.24) is 5.32 Å². The number of anilines is 1. The predicted octanol–water partition coefficient (Wildman–Crippen LogP) is 3.45. The van der Waals surface area contributed by atoms with E-state index in [-0.39, 0.29) is 29.4 Å². The Morgan fingerprint density at radius 2 is 1.71 bits per heavy atom. The Kier molecular flexibility index (Phi) is 6.49. The van der Waals surface area contributed by atoms with Crippen molar-refractivity contribution < 1.29 is 14.0 Å². The van der Waals surface area contributed by atoms with Gasteiger partial charge in [-0.2, -0.15) is 0 Å². The molecule has 128 valence electrons. The molecule has 24 heavy (non-hydrogen) atoms. The molecular weight excluding hydrogens is 324 g/mol. The van der Waals surface area contributed by atoms with Gasteiger partial charge < -0.3 is 15.1 Å². The van der Waals surface area contributed by atoms with Crippen molar-refractivity contribution >= 4 is 29.3 Å². The zero-order chi connectivity index (χ0) is 17.5. The van der Waals surface area contributed by atoms with Crippen LogP contribution in [0.15, 0.2) is 40.8 Å². The lowest BCUT2D eigenvalue weighted by Crippen LogP contribution is -2.28. The van der Waals surface area contributed by atoms with E-state index in [1.54, 1.807) is 0 Å². The standard InChI is InChI=1S/C18H22N2O3S/c1-12-4-7-15(8-5-12)20-18(22)11-24-10-17(21)19-14(3)16-9-6-13(2)23-16/h4-9,14H,10-11H2,1-3H3,(H,19,21)(H,20,22). The van der Waals surface area contributed by atoms with Crippen molar-refractivity contribution in [3.8, 4) is 0 Å². The summed E-state index contributed by atoms with van der Waals surface area (Å²) in [7, 11) is 0. The molecule has 0 saturated carbocycles. The second-order valence-corrected chi connectivity index (χ2v) is 6.63. The first-order valence-electron chi connectivity index (χ1n) is 7.74. The van der Waals surface area contributed by atoms with Gasteiger partial charge in [0, 0.05) is 5.69 Å². The zero-order valence-corrected chi connectivity index (χ0v) is 14.9. The van der Waals surface area contributed by atoms with Gasteiger partial charge in [0.1, 0.15) is 11.5 Å². The maximum absolute atomic E-state index is 11.9. The summed E-state index contributed by atoms with van der Waals surface area (Å²) in [6.45, 7) is 5.72. The summed E-state index contributed by atoms with van der Waals surface area (Å²) in [5, 5.41) is 5.66. The van der Waals surface area contributed by atoms with Gasteiger partial charge in [-0.1, -0.05) is 17.7 Å². The SMILES string of the molecule is Cc1ccc(NC(=O)CSCC(=O)NC(C)c2ccc(C)o2)cc1. The average Bonchev–Trinajstić information content (AvgIpc) is 2.96. The molecule has 0 saturated heterocycles. The Balaban J connectivity index is 1.68. The molecule has 2 rings (SSSR count). The van der Waals surface area contributed by atoms with Crippen molar-refractivity contribution in [2.75, 3.05) is 16.8 Å². The minimum atomic E-state index is -0.187. The van der Waals surface area contributed by atoms with Crippen LogP contribution in [0.2, 0.25) is 0 Å². The first-order valence-corrected chi connectivity index (χ1v) is 8.89. The first kappa shape index (κ1) is 18.1. The topological polar surface area (TPSA) is 71.3 Å². The molecular formula is C18H22N2O3S. The van der Waals surface area contributed by atoms with E-state index in [0.717, 1.165) is 22.8 Å². The summed E-state index contributed by atoms with van der Waals surface area (Å²) < 4.78 is 5.48. The lowest BCUT2D eigenvalue weighted by Gasteiger charge is -2.11. The molecule has 0 bridgehead atoms. The van der Waals surface area contributed by atoms with Gasteiger partial charge in [0.25, 0.3) is 0 Å². The van der Waals surface area contributed by atoms with Crippen LogP contribution in [0.5, 0.6) is 0 Å². The smallest absolute Gasteiger partial charge is 0.234 e. The maximum atomic E-state index is 11.9. The number of nitrogens with one attached hydrogen (secondary N) is 2. The van der Waals surface area contributed by atoms with Crippen LogP contribution < -0.4 is 10.6 Å². The number of hydrogen-bond acceptors (Lipinski definition) is 4. The number of aryl methyl sites for hydroxylation is 2. The fourth-order valence-electron chi connectivity index (χ4n) is 2.11. The molecule has 1 unspecified atom stereocenters. The summed E-state index contributed by atoms with van der Waals surface area (Å²) in [6.07, 6.45) is 0. The van der Waals surface area contributed by atoms with E-state index in [0.29, 0.717) is 0 Å². The molecule has 2 N–H and O–H groups in total. The summed E-state index contributed by atoms with van der Waals surface area (Å²) >= 11 is 1.28. The normalized spacial score (nSPS) is 11.8. The molecule has 0 radical (unpaired) electrons. The molecule has 0 aliphatic heterocycles. The highest BCUT2D eigenvalue weighted by Crippen LogP contribution is 2.16. The second kappa shape index (κ2) is 8.59. The Morgan fingerprint density at radius 3 is 2.33 bits per heavy atom. The van der Waals surface area contributed by atoms with E-state index >= 15 is 0 Å². The van der Waals surface area contributed by atoms with Gasteiger partial charge in [0.15, 0.2) is 0 Å². The van der Waals surface area contributed by atoms with E-state index < -0.39 is 0 Å². The number of carbonyl (C=O) groups excluding carboxylic acids is 2. The fraction of sp³-hybridized carbons (Fsp3) is 0.333. The third kappa shape index (κ3) is 5.77. The molecule has 1 atom stereocenters. The van der Waals surface area contributed by atoms with Crippen LogP contribution in [-0.2, 0) is 9.59 Å². The van der Waals surface area contributed by atoms with Crippen LogP contribution in [0.1, 0.15) is 30.0 Å². The van der Waals surface area contributed by atoms with Crippen molar-refractivity contribution in [3.63, 3.8) is 0 Å². The minimum absolute atomic E-state index is 0.119. The molecule has 0 aliphatic carbocycles. The average molecular weight is 346 g/mol. The monoisotopic (exact) mass is 346 g/mol. The molecule has 2 aromatic rings. The number of amides is 2. The maximum Gasteiger partial charge on any atom is 0.234 e. The largest absolute Gasteiger partial charge is 0.464 e. The summed E-state index contributed by atoms with van der Waals surface area (Å²) in [5.41, 5.74) is 1.90. The molecule has 5 nitrogen and oxygen atoms in total. The highest BCUT2D eigenvalue weighted by Gasteiger charge is 2.13. The second-order valence-electron chi connectivity index (χ2n) is 5.64. The third-order valence-electron chi connectivity index (χ3n) is 3.37. The van der Waals surface area contributed by atoms with Crippen molar-refractivity contribution in [1.29, 1.82) is 0 Å². The predicted molar refractivity (Wildman–Crippen MR) is 97.1 cm³/mol. The Morgan fingerprint density at radius 1 is 1.04 bits per heavy atom. The fourth-order valence-corrected chi connectivity index (χ4v) is 2.74. The summed E-state index contributed by atoms with van der Waals surface area (Å²) in [6, 6.07) is 11.1. The van der Waals surface area contributed by atoms with Gasteiger partial charge >= 0.3 is 0 Å². The quantitative estimate of drug-likeness (QED) is 0.805. The van der Waals surface area contributed by atoms with Gasteiger partial charge in [-0.3, -0.25) is 9.59 Å². The number of thioether (sulfide) groups is 1. The Labute approximate surface area is 146 Å². The van der Waals surface area contributed by atoms with E-state index in [4.69, 9.17) is 4.42 Å². The number of carbonyl (C=O) groups is 2. The van der Waals surface area contributed by atoms with Gasteiger partial charge in [0.2, 0.25) is 11.8 Å². The van der Waals surface area contributed by atoms with Gasteiger partial charge in [-0.15, -0.1) is 11.8 Å². The van der Waals surface area contributed by atoms with Crippen LogP contribution in [0.3, 0.4) is 0 Å². The highest BCUT2D eigenvalue weighted by atomic mass is 32.2. The molecule has 6 heteroatoms. The van der Waals surface area contributed by atoms with Crippen LogP contribution >= 0.6 is 11.8 Å². The molecule has 0 aliphatic rings. The summed E-state index contributed by atoms with van der Waals surface area (Å²) in [4.78, 5) is 23.8. The first-order chi connectivity index (χ1) is 11.4. The van der Waals surface area contributed by atoms with E-state index in [1.807, 2.05) is 57.2 Å². The van der Waals surface area contributed by atoms with E-state index in [1.165, 1.54) is 11.8 Å². The van der Waals surface area contributed by atoms with Gasteiger partial charge in [-0.05, 0) is 45.0 Å². The van der Waals surface area contributed by atoms with Crippen LogP contribution in [0.4, 0.5) is 5.69 Å². The Hall–Kier alpha value is -2.21. The van der Waals surface area contributed by atoms with Crippen LogP contribution in [-0.4, -0.2) is 23.3 Å². The highest BCUT2D eigenvalue weighted by molar-refractivity contribution is 8.00. The van der Waals surface area contributed by atoms with Crippen molar-refractivity contribution in [2.24, 2.45) is 0 Å². The molecule has 1 aromatic heterocycles. The molecule has 1 aromatic carbocycles. The minimum Gasteiger partial charge on any atom is -0.464 e. The molecule has 0 fully saturated rings. The van der Waals surface area contributed by atoms with Crippen LogP contribution in [0.25, 0.3) is 0 Å². The lowest BCUT2D eigenvalue weighted by atomic mass is 10.2. The third-order valence-corrected chi connectivity index (χ3v) is 4.30. The molecule has 0 spiro atoms. The lowest BCUT2D eigenvalue weighted by molar-refractivity contribution is -0.119. The van der Waals surface area contributed by atoms with Gasteiger partial charge in [0.05, 0.1) is 17.5 Å². The van der Waals surface area contributed by atoms with Crippen LogP contribution in [0, 0.1) is 13.8 Å². The van der Waals surface area contributed by atoms with Gasteiger partial charge in [-0.25, -0.2) is 0 Å². The van der Waals surface area contributed by atoms with Crippen molar-refractivity contribution in [3.05, 3.63) is 53.5 Å². The van der Waals surface area contributed by atoms with Crippen molar-refractivity contribution in [2.45, 2.75) is 26.8 Å². The number of hydrogen-bond donors (Lipinski definition) is 2. The van der Waals surface area contributed by atoms with E-state index in [9.17, 15) is 9.59 Å².